The first-order valence-electron chi connectivity index (χ1n) is 6.34. The number of thioether (sulfide) groups is 1. The predicted octanol–water partition coefficient (Wildman–Crippen LogP) is 0.879. The normalized spacial score (nSPS) is 14.5. The Balaban J connectivity index is 2.13. The standard InChI is InChI=1S/C13H15N3O4S2/c14-13(15)16-20-22(18,19)8-11(17)9-5-6-21-12-4-2-1-3-10(12)7-9/h1-4,7H,5-6,8H2,(H4,14,15,16). The highest BCUT2D eigenvalue weighted by Crippen LogP contribution is 2.30. The molecule has 0 fully saturated rings. The van der Waals surface area contributed by atoms with Crippen molar-refractivity contribution in [2.45, 2.75) is 11.3 Å². The van der Waals surface area contributed by atoms with E-state index in [0.717, 1.165) is 10.5 Å². The molecule has 0 bridgehead atoms. The van der Waals surface area contributed by atoms with Crippen LogP contribution >= 0.6 is 11.8 Å². The van der Waals surface area contributed by atoms with E-state index in [9.17, 15) is 13.2 Å². The number of hydroxylamine groups is 1. The molecule has 22 heavy (non-hydrogen) atoms. The summed E-state index contributed by atoms with van der Waals surface area (Å²) < 4.78 is 27.5. The van der Waals surface area contributed by atoms with Gasteiger partial charge in [-0.2, -0.15) is 8.42 Å². The molecule has 1 heterocycles. The largest absolute Gasteiger partial charge is 0.368 e. The number of fused-ring (bicyclic) bond motifs is 1. The minimum Gasteiger partial charge on any atom is -0.368 e. The van der Waals surface area contributed by atoms with Crippen molar-refractivity contribution in [1.29, 1.82) is 5.41 Å². The number of carbonyl (C=O) groups excluding carboxylic acids is 1. The summed E-state index contributed by atoms with van der Waals surface area (Å²) >= 11 is 1.62. The smallest absolute Gasteiger partial charge is 0.295 e. The van der Waals surface area contributed by atoms with E-state index in [4.69, 9.17) is 11.1 Å². The van der Waals surface area contributed by atoms with Crippen molar-refractivity contribution in [1.82, 2.24) is 5.48 Å². The predicted molar refractivity (Wildman–Crippen MR) is 84.7 cm³/mol. The SMILES string of the molecule is N=C(N)NOS(=O)(=O)CC(=O)C1=Cc2ccccc2SCC1. The van der Waals surface area contributed by atoms with Crippen molar-refractivity contribution in [2.75, 3.05) is 11.5 Å². The molecule has 0 saturated heterocycles. The summed E-state index contributed by atoms with van der Waals surface area (Å²) in [6, 6.07) is 7.61. The lowest BCUT2D eigenvalue weighted by atomic mass is 10.1. The summed E-state index contributed by atoms with van der Waals surface area (Å²) in [7, 11) is -4.14. The summed E-state index contributed by atoms with van der Waals surface area (Å²) in [5.74, 6) is -1.29. The number of ketones is 1. The van der Waals surface area contributed by atoms with E-state index in [1.807, 2.05) is 24.3 Å². The van der Waals surface area contributed by atoms with Gasteiger partial charge in [0.05, 0.1) is 0 Å². The fraction of sp³-hybridized carbons (Fsp3) is 0.231. The lowest BCUT2D eigenvalue weighted by Gasteiger charge is -2.06. The minimum absolute atomic E-state index is 0.437. The van der Waals surface area contributed by atoms with Crippen LogP contribution in [0, 0.1) is 5.41 Å². The van der Waals surface area contributed by atoms with Gasteiger partial charge in [0.1, 0.15) is 5.75 Å². The van der Waals surface area contributed by atoms with Gasteiger partial charge in [-0.1, -0.05) is 18.2 Å². The van der Waals surface area contributed by atoms with Crippen molar-refractivity contribution >= 4 is 39.7 Å². The minimum atomic E-state index is -4.14. The molecule has 0 spiro atoms. The maximum Gasteiger partial charge on any atom is 0.295 e. The van der Waals surface area contributed by atoms with Crippen LogP contribution in [-0.2, 0) is 19.2 Å². The van der Waals surface area contributed by atoms with Gasteiger partial charge in [-0.05, 0) is 29.7 Å². The van der Waals surface area contributed by atoms with Crippen molar-refractivity contribution in [3.63, 3.8) is 0 Å². The van der Waals surface area contributed by atoms with Gasteiger partial charge in [0.15, 0.2) is 5.78 Å². The second kappa shape index (κ2) is 6.95. The Bertz CT molecular complexity index is 729. The lowest BCUT2D eigenvalue weighted by molar-refractivity contribution is -0.113. The monoisotopic (exact) mass is 341 g/mol. The number of Topliss-reactive ketones (excluding diaryl/α,β-unsaturated/α-hetero) is 1. The zero-order chi connectivity index (χ0) is 16.2. The fourth-order valence-electron chi connectivity index (χ4n) is 1.87. The maximum absolute atomic E-state index is 12.2. The van der Waals surface area contributed by atoms with Crippen LogP contribution in [0.1, 0.15) is 12.0 Å². The highest BCUT2D eigenvalue weighted by atomic mass is 32.2. The van der Waals surface area contributed by atoms with Crippen LogP contribution in [0.2, 0.25) is 0 Å². The third-order valence-electron chi connectivity index (χ3n) is 2.82. The molecular weight excluding hydrogens is 326 g/mol. The highest BCUT2D eigenvalue weighted by molar-refractivity contribution is 7.99. The zero-order valence-corrected chi connectivity index (χ0v) is 13.2. The molecule has 1 aliphatic heterocycles. The molecule has 0 unspecified atom stereocenters. The molecule has 1 aliphatic rings. The topological polar surface area (TPSA) is 122 Å². The molecule has 0 radical (unpaired) electrons. The number of guanidine groups is 1. The van der Waals surface area contributed by atoms with Crippen LogP contribution in [0.15, 0.2) is 34.7 Å². The Morgan fingerprint density at radius 2 is 2.14 bits per heavy atom. The molecule has 0 amide bonds. The van der Waals surface area contributed by atoms with E-state index in [-0.39, 0.29) is 0 Å². The number of nitrogens with one attached hydrogen (secondary N) is 2. The molecule has 4 N–H and O–H groups in total. The van der Waals surface area contributed by atoms with Gasteiger partial charge < -0.3 is 5.73 Å². The second-order valence-corrected chi connectivity index (χ2v) is 7.24. The van der Waals surface area contributed by atoms with E-state index < -0.39 is 27.6 Å². The Hall–Kier alpha value is -1.84. The third kappa shape index (κ3) is 4.58. The van der Waals surface area contributed by atoms with Gasteiger partial charge in [-0.25, -0.2) is 5.48 Å². The van der Waals surface area contributed by atoms with Crippen molar-refractivity contribution in [3.8, 4) is 0 Å². The van der Waals surface area contributed by atoms with Crippen LogP contribution in [0.4, 0.5) is 0 Å². The van der Waals surface area contributed by atoms with Crippen LogP contribution in [0.5, 0.6) is 0 Å². The summed E-state index contributed by atoms with van der Waals surface area (Å²) in [6.07, 6.45) is 2.19. The first kappa shape index (κ1) is 16.5. The quantitative estimate of drug-likeness (QED) is 0.413. The number of hydrogen-bond acceptors (Lipinski definition) is 6. The van der Waals surface area contributed by atoms with Crippen LogP contribution in [0.3, 0.4) is 0 Å². The highest BCUT2D eigenvalue weighted by Gasteiger charge is 2.22. The molecule has 7 nitrogen and oxygen atoms in total. The van der Waals surface area contributed by atoms with E-state index in [1.54, 1.807) is 23.3 Å². The summed E-state index contributed by atoms with van der Waals surface area (Å²) in [4.78, 5) is 13.2. The van der Waals surface area contributed by atoms with Gasteiger partial charge in [0.2, 0.25) is 5.96 Å². The van der Waals surface area contributed by atoms with Crippen molar-refractivity contribution in [3.05, 3.63) is 35.4 Å². The molecule has 1 aromatic carbocycles. The number of allylic oxidation sites excluding steroid dienone is 1. The number of hydrogen-bond donors (Lipinski definition) is 3. The molecule has 1 aromatic rings. The molecule has 0 saturated carbocycles. The van der Waals surface area contributed by atoms with E-state index in [1.165, 1.54) is 0 Å². The number of carbonyl (C=O) groups is 1. The maximum atomic E-state index is 12.2. The summed E-state index contributed by atoms with van der Waals surface area (Å²) in [5, 5.41) is 6.84. The average Bonchev–Trinajstić information content (AvgIpc) is 2.67. The van der Waals surface area contributed by atoms with E-state index >= 15 is 0 Å². The number of nitrogens with two attached hydrogens (primary N) is 1. The van der Waals surface area contributed by atoms with Gasteiger partial charge in [0.25, 0.3) is 10.1 Å². The molecule has 0 atom stereocenters. The average molecular weight is 341 g/mol. The first-order chi connectivity index (χ1) is 10.4. The van der Waals surface area contributed by atoms with E-state index in [0.29, 0.717) is 17.7 Å². The second-order valence-electron chi connectivity index (χ2n) is 4.53. The molecule has 0 aliphatic carbocycles. The number of rotatable bonds is 5. The zero-order valence-electron chi connectivity index (χ0n) is 11.5. The Morgan fingerprint density at radius 1 is 1.41 bits per heavy atom. The van der Waals surface area contributed by atoms with Gasteiger partial charge in [0, 0.05) is 10.6 Å². The Labute approximate surface area is 132 Å². The fourth-order valence-corrected chi connectivity index (χ4v) is 3.67. The Morgan fingerprint density at radius 3 is 2.86 bits per heavy atom. The molecule has 2 rings (SSSR count). The van der Waals surface area contributed by atoms with Crippen LogP contribution in [0.25, 0.3) is 6.08 Å². The lowest BCUT2D eigenvalue weighted by Crippen LogP contribution is -2.34. The van der Waals surface area contributed by atoms with E-state index in [2.05, 4.69) is 4.28 Å². The Kier molecular flexibility index (Phi) is 5.22. The molecule has 9 heteroatoms. The van der Waals surface area contributed by atoms with Crippen LogP contribution in [-0.4, -0.2) is 31.7 Å². The van der Waals surface area contributed by atoms with Crippen molar-refractivity contribution < 1.29 is 17.5 Å². The summed E-state index contributed by atoms with van der Waals surface area (Å²) in [6.45, 7) is 0. The van der Waals surface area contributed by atoms with Crippen molar-refractivity contribution in [2.24, 2.45) is 5.73 Å². The van der Waals surface area contributed by atoms with Crippen LogP contribution < -0.4 is 11.2 Å². The van der Waals surface area contributed by atoms with Gasteiger partial charge in [-0.3, -0.25) is 10.2 Å². The summed E-state index contributed by atoms with van der Waals surface area (Å²) in [5.41, 5.74) is 7.98. The van der Waals surface area contributed by atoms with Gasteiger partial charge >= 0.3 is 0 Å². The molecule has 118 valence electrons. The third-order valence-corrected chi connectivity index (χ3v) is 4.87. The molecular formula is C13H15N3O4S2. The number of benzene rings is 1. The van der Waals surface area contributed by atoms with Gasteiger partial charge in [-0.15, -0.1) is 16.0 Å². The molecule has 0 aromatic heterocycles. The first-order valence-corrected chi connectivity index (χ1v) is 8.90.